The van der Waals surface area contributed by atoms with Crippen LogP contribution in [-0.4, -0.2) is 4.98 Å². The number of hydrogen-bond acceptors (Lipinski definition) is 4. The van der Waals surface area contributed by atoms with Crippen molar-refractivity contribution in [3.05, 3.63) is 82.2 Å². The van der Waals surface area contributed by atoms with Crippen molar-refractivity contribution in [1.82, 2.24) is 4.98 Å². The Morgan fingerprint density at radius 3 is 2.87 bits per heavy atom. The van der Waals surface area contributed by atoms with Gasteiger partial charge in [0.05, 0.1) is 6.26 Å². The second kappa shape index (κ2) is 6.44. The molecular formula is C18H18N2O3. The van der Waals surface area contributed by atoms with Gasteiger partial charge in [0.1, 0.15) is 11.5 Å². The molecule has 3 rings (SSSR count). The molecule has 0 fully saturated rings. The summed E-state index contributed by atoms with van der Waals surface area (Å²) in [5.74, 6) is 1.20. The smallest absolute Gasteiger partial charge is 0.251 e. The van der Waals surface area contributed by atoms with Gasteiger partial charge in [0.2, 0.25) is 0 Å². The maximum absolute atomic E-state index is 11.4. The van der Waals surface area contributed by atoms with Crippen molar-refractivity contribution in [1.29, 1.82) is 0 Å². The van der Waals surface area contributed by atoms with Gasteiger partial charge in [-0.05, 0) is 42.3 Å². The van der Waals surface area contributed by atoms with Gasteiger partial charge in [-0.1, -0.05) is 12.1 Å². The van der Waals surface area contributed by atoms with Crippen LogP contribution >= 0.6 is 0 Å². The van der Waals surface area contributed by atoms with Crippen LogP contribution in [0.5, 0.6) is 5.75 Å². The van der Waals surface area contributed by atoms with Crippen molar-refractivity contribution in [2.75, 3.05) is 5.73 Å². The van der Waals surface area contributed by atoms with Gasteiger partial charge in [0, 0.05) is 24.4 Å². The van der Waals surface area contributed by atoms with E-state index in [-0.39, 0.29) is 11.7 Å². The van der Waals surface area contributed by atoms with E-state index in [1.807, 2.05) is 37.3 Å². The highest BCUT2D eigenvalue weighted by Gasteiger charge is 2.19. The molecule has 5 heteroatoms. The fraction of sp³-hybridized carbons (Fsp3) is 0.167. The summed E-state index contributed by atoms with van der Waals surface area (Å²) < 4.78 is 11.5. The average molecular weight is 310 g/mol. The van der Waals surface area contributed by atoms with E-state index in [4.69, 9.17) is 14.9 Å². The molecule has 0 bridgehead atoms. The van der Waals surface area contributed by atoms with Crippen molar-refractivity contribution >= 4 is 5.69 Å². The van der Waals surface area contributed by atoms with Crippen LogP contribution in [0.3, 0.4) is 0 Å². The number of furan rings is 1. The van der Waals surface area contributed by atoms with E-state index in [9.17, 15) is 4.79 Å². The molecule has 1 aromatic carbocycles. The summed E-state index contributed by atoms with van der Waals surface area (Å²) in [5, 5.41) is 0. The molecule has 1 atom stereocenters. The zero-order chi connectivity index (χ0) is 16.2. The Labute approximate surface area is 133 Å². The Balaban J connectivity index is 1.90. The topological polar surface area (TPSA) is 81.2 Å². The van der Waals surface area contributed by atoms with E-state index in [2.05, 4.69) is 4.98 Å². The van der Waals surface area contributed by atoms with Crippen LogP contribution in [0.2, 0.25) is 0 Å². The lowest BCUT2D eigenvalue weighted by Crippen LogP contribution is -2.13. The summed E-state index contributed by atoms with van der Waals surface area (Å²) in [5.41, 5.74) is 8.62. The molecule has 3 aromatic rings. The van der Waals surface area contributed by atoms with E-state index in [0.29, 0.717) is 17.9 Å². The third-order valence-corrected chi connectivity index (χ3v) is 3.78. The number of aromatic amines is 1. The van der Waals surface area contributed by atoms with E-state index >= 15 is 0 Å². The predicted molar refractivity (Wildman–Crippen MR) is 88.4 cm³/mol. The molecule has 0 aliphatic rings. The van der Waals surface area contributed by atoms with Gasteiger partial charge >= 0.3 is 0 Å². The molecule has 0 saturated carbocycles. The van der Waals surface area contributed by atoms with Crippen molar-refractivity contribution in [2.45, 2.75) is 19.4 Å². The standard InChI is InChI=1S/C18H18N2O3/c1-12-13(4-2-5-15(12)19)10-17(16-6-3-9-22-16)23-14-7-8-20-18(21)11-14/h2-9,11,17H,10,19H2,1H3,(H,20,21). The van der Waals surface area contributed by atoms with Gasteiger partial charge in [0.25, 0.3) is 5.56 Å². The van der Waals surface area contributed by atoms with Crippen LogP contribution in [0.4, 0.5) is 5.69 Å². The Morgan fingerprint density at radius 1 is 1.26 bits per heavy atom. The minimum atomic E-state index is -0.340. The van der Waals surface area contributed by atoms with Crippen LogP contribution in [0.15, 0.2) is 64.1 Å². The number of aromatic nitrogens is 1. The number of nitrogen functional groups attached to an aromatic ring is 1. The molecular weight excluding hydrogens is 292 g/mol. The van der Waals surface area contributed by atoms with Gasteiger partial charge in [-0.3, -0.25) is 4.79 Å². The number of ether oxygens (including phenoxy) is 1. The first-order chi connectivity index (χ1) is 11.1. The Morgan fingerprint density at radius 2 is 2.13 bits per heavy atom. The summed E-state index contributed by atoms with van der Waals surface area (Å²) in [6, 6.07) is 12.6. The summed E-state index contributed by atoms with van der Waals surface area (Å²) in [6.07, 6.45) is 3.42. The molecule has 0 radical (unpaired) electrons. The Bertz CT molecular complexity index is 837. The van der Waals surface area contributed by atoms with Crippen molar-refractivity contribution < 1.29 is 9.15 Å². The van der Waals surface area contributed by atoms with Crippen molar-refractivity contribution in [2.24, 2.45) is 0 Å². The fourth-order valence-corrected chi connectivity index (χ4v) is 2.46. The number of nitrogens with two attached hydrogens (primary N) is 1. The number of nitrogens with one attached hydrogen (secondary N) is 1. The third-order valence-electron chi connectivity index (χ3n) is 3.78. The second-order valence-electron chi connectivity index (χ2n) is 5.35. The molecule has 3 N–H and O–H groups in total. The summed E-state index contributed by atoms with van der Waals surface area (Å²) in [6.45, 7) is 1.98. The van der Waals surface area contributed by atoms with Crippen molar-refractivity contribution in [3.8, 4) is 5.75 Å². The molecule has 0 amide bonds. The maximum atomic E-state index is 11.4. The number of H-pyrrole nitrogens is 1. The first-order valence-electron chi connectivity index (χ1n) is 7.36. The summed E-state index contributed by atoms with van der Waals surface area (Å²) >= 11 is 0. The quantitative estimate of drug-likeness (QED) is 0.709. The maximum Gasteiger partial charge on any atom is 0.251 e. The highest BCUT2D eigenvalue weighted by atomic mass is 16.5. The molecule has 23 heavy (non-hydrogen) atoms. The number of pyridine rings is 1. The molecule has 1 unspecified atom stereocenters. The van der Waals surface area contributed by atoms with Gasteiger partial charge in [-0.15, -0.1) is 0 Å². The number of hydrogen-bond donors (Lipinski definition) is 2. The van der Waals surface area contributed by atoms with Crippen LogP contribution in [-0.2, 0) is 6.42 Å². The van der Waals surface area contributed by atoms with E-state index in [1.54, 1.807) is 18.5 Å². The minimum absolute atomic E-state index is 0.208. The van der Waals surface area contributed by atoms with Gasteiger partial charge in [-0.2, -0.15) is 0 Å². The van der Waals surface area contributed by atoms with Crippen LogP contribution in [0.1, 0.15) is 23.0 Å². The largest absolute Gasteiger partial charge is 0.482 e. The van der Waals surface area contributed by atoms with Gasteiger partial charge in [0.15, 0.2) is 6.10 Å². The highest BCUT2D eigenvalue weighted by Crippen LogP contribution is 2.27. The highest BCUT2D eigenvalue weighted by molar-refractivity contribution is 5.50. The first kappa shape index (κ1) is 15.0. The molecule has 2 heterocycles. The minimum Gasteiger partial charge on any atom is -0.482 e. The normalized spacial score (nSPS) is 12.0. The zero-order valence-corrected chi connectivity index (χ0v) is 12.8. The molecule has 2 aromatic heterocycles. The van der Waals surface area contributed by atoms with Crippen LogP contribution < -0.4 is 16.0 Å². The SMILES string of the molecule is Cc1c(N)cccc1CC(Oc1cc[nH]c(=O)c1)c1ccco1. The Hall–Kier alpha value is -2.95. The molecule has 0 saturated heterocycles. The fourth-order valence-electron chi connectivity index (χ4n) is 2.46. The lowest BCUT2D eigenvalue weighted by molar-refractivity contribution is 0.176. The van der Waals surface area contributed by atoms with Crippen LogP contribution in [0.25, 0.3) is 0 Å². The Kier molecular flexibility index (Phi) is 4.19. The average Bonchev–Trinajstić information content (AvgIpc) is 3.05. The molecule has 5 nitrogen and oxygen atoms in total. The van der Waals surface area contributed by atoms with E-state index in [1.165, 1.54) is 6.07 Å². The molecule has 0 spiro atoms. The summed E-state index contributed by atoms with van der Waals surface area (Å²) in [7, 11) is 0. The van der Waals surface area contributed by atoms with Crippen LogP contribution in [0, 0.1) is 6.92 Å². The van der Waals surface area contributed by atoms with Gasteiger partial charge in [-0.25, -0.2) is 0 Å². The van der Waals surface area contributed by atoms with Gasteiger partial charge < -0.3 is 19.9 Å². The lowest BCUT2D eigenvalue weighted by atomic mass is 10.00. The predicted octanol–water partition coefficient (Wildman–Crippen LogP) is 3.22. The van der Waals surface area contributed by atoms with E-state index < -0.39 is 0 Å². The zero-order valence-electron chi connectivity index (χ0n) is 12.8. The first-order valence-corrected chi connectivity index (χ1v) is 7.36. The monoisotopic (exact) mass is 310 g/mol. The van der Waals surface area contributed by atoms with E-state index in [0.717, 1.165) is 16.8 Å². The summed E-state index contributed by atoms with van der Waals surface area (Å²) in [4.78, 5) is 14.0. The second-order valence-corrected chi connectivity index (χ2v) is 5.35. The molecule has 0 aliphatic carbocycles. The molecule has 0 aliphatic heterocycles. The third kappa shape index (κ3) is 3.45. The van der Waals surface area contributed by atoms with Crippen molar-refractivity contribution in [3.63, 3.8) is 0 Å². The number of rotatable bonds is 5. The number of benzene rings is 1. The molecule has 118 valence electrons. The number of anilines is 1. The lowest BCUT2D eigenvalue weighted by Gasteiger charge is -2.18.